The zero-order valence-electron chi connectivity index (χ0n) is 20.5. The Balaban J connectivity index is 0. The monoisotopic (exact) mass is 376 g/mol. The van der Waals surface area contributed by atoms with Crippen LogP contribution in [-0.4, -0.2) is 6.61 Å². The fourth-order valence-corrected chi connectivity index (χ4v) is 2.88. The van der Waals surface area contributed by atoms with Gasteiger partial charge in [-0.15, -0.1) is 0 Å². The predicted molar refractivity (Wildman–Crippen MR) is 125 cm³/mol. The summed E-state index contributed by atoms with van der Waals surface area (Å²) in [5.74, 6) is 0.689. The molecular weight excluding hydrogens is 328 g/mol. The van der Waals surface area contributed by atoms with Crippen molar-refractivity contribution in [2.45, 2.75) is 102 Å². The van der Waals surface area contributed by atoms with Gasteiger partial charge >= 0.3 is 0 Å². The lowest BCUT2D eigenvalue weighted by molar-refractivity contribution is 0.0874. The van der Waals surface area contributed by atoms with Crippen molar-refractivity contribution in [1.82, 2.24) is 0 Å². The van der Waals surface area contributed by atoms with E-state index in [1.807, 2.05) is 27.7 Å². The minimum absolute atomic E-state index is 0.142. The molecular formula is C26H48O. The van der Waals surface area contributed by atoms with Gasteiger partial charge in [0.2, 0.25) is 0 Å². The summed E-state index contributed by atoms with van der Waals surface area (Å²) < 4.78 is 6.05. The van der Waals surface area contributed by atoms with Crippen molar-refractivity contribution in [3.8, 4) is 0 Å². The number of rotatable bonds is 8. The number of hydrogen-bond acceptors (Lipinski definition) is 1. The van der Waals surface area contributed by atoms with E-state index >= 15 is 0 Å². The van der Waals surface area contributed by atoms with Crippen LogP contribution < -0.4 is 0 Å². The Morgan fingerprint density at radius 3 is 1.81 bits per heavy atom. The Labute approximate surface area is 171 Å². The summed E-state index contributed by atoms with van der Waals surface area (Å²) >= 11 is 0. The summed E-state index contributed by atoms with van der Waals surface area (Å²) in [5, 5.41) is 0. The number of benzene rings is 1. The summed E-state index contributed by atoms with van der Waals surface area (Å²) in [4.78, 5) is 0. The zero-order valence-corrected chi connectivity index (χ0v) is 20.5. The highest BCUT2D eigenvalue weighted by atomic mass is 16.5. The highest BCUT2D eigenvalue weighted by Gasteiger charge is 2.20. The van der Waals surface area contributed by atoms with Crippen molar-refractivity contribution in [1.29, 1.82) is 0 Å². The van der Waals surface area contributed by atoms with Crippen LogP contribution >= 0.6 is 0 Å². The van der Waals surface area contributed by atoms with E-state index in [0.29, 0.717) is 17.9 Å². The summed E-state index contributed by atoms with van der Waals surface area (Å²) in [6, 6.07) is 4.59. The largest absolute Gasteiger partial charge is 0.370 e. The van der Waals surface area contributed by atoms with Gasteiger partial charge in [-0.25, -0.2) is 0 Å². The first kappa shape index (κ1) is 28.1. The van der Waals surface area contributed by atoms with Gasteiger partial charge in [0, 0.05) is 0 Å². The zero-order chi connectivity index (χ0) is 21.6. The number of allylic oxidation sites excluding steroid dienone is 1. The van der Waals surface area contributed by atoms with E-state index in [4.69, 9.17) is 4.74 Å². The summed E-state index contributed by atoms with van der Waals surface area (Å²) in [6.45, 7) is 26.7. The van der Waals surface area contributed by atoms with E-state index in [2.05, 4.69) is 79.7 Å². The Morgan fingerprint density at radius 1 is 0.926 bits per heavy atom. The van der Waals surface area contributed by atoms with Gasteiger partial charge in [0.05, 0.1) is 12.7 Å². The average Bonchev–Trinajstić information content (AvgIpc) is 2.63. The van der Waals surface area contributed by atoms with Crippen LogP contribution in [0.15, 0.2) is 24.3 Å². The standard InChI is InChI=1S/C22H36O.2C2H6/c1-9-20-14-17(4)21(18(5)15-20)19(6)23-13-11-10-12-22(7,8)16(2)3;2*1-2/h10-11,14-16,19H,9,12-13H2,1-8H3;2*1-2H3/b11-10+;;. The van der Waals surface area contributed by atoms with E-state index in [1.54, 1.807) is 0 Å². The third kappa shape index (κ3) is 10.1. The number of ether oxygens (including phenoxy) is 1. The molecule has 158 valence electrons. The molecule has 1 rings (SSSR count). The Kier molecular flexibility index (Phi) is 15.5. The average molecular weight is 377 g/mol. The molecule has 0 heterocycles. The van der Waals surface area contributed by atoms with Crippen LogP contribution in [0.5, 0.6) is 0 Å². The molecule has 0 saturated carbocycles. The van der Waals surface area contributed by atoms with E-state index in [1.165, 1.54) is 22.3 Å². The third-order valence-electron chi connectivity index (χ3n) is 5.28. The molecule has 1 atom stereocenters. The molecule has 0 amide bonds. The van der Waals surface area contributed by atoms with Crippen LogP contribution in [0.3, 0.4) is 0 Å². The lowest BCUT2D eigenvalue weighted by Crippen LogP contribution is -2.17. The van der Waals surface area contributed by atoms with Crippen molar-refractivity contribution >= 4 is 0 Å². The maximum absolute atomic E-state index is 6.05. The van der Waals surface area contributed by atoms with Crippen LogP contribution in [-0.2, 0) is 11.2 Å². The van der Waals surface area contributed by atoms with E-state index in [-0.39, 0.29) is 6.10 Å². The van der Waals surface area contributed by atoms with Gasteiger partial charge in [-0.3, -0.25) is 0 Å². The van der Waals surface area contributed by atoms with Gasteiger partial charge in [-0.1, -0.05) is 86.6 Å². The Bertz CT molecular complexity index is 500. The first-order valence-corrected chi connectivity index (χ1v) is 11.1. The highest BCUT2D eigenvalue weighted by Crippen LogP contribution is 2.30. The molecule has 0 saturated heterocycles. The number of hydrogen-bond donors (Lipinski definition) is 0. The van der Waals surface area contributed by atoms with E-state index in [0.717, 1.165) is 12.8 Å². The highest BCUT2D eigenvalue weighted by molar-refractivity contribution is 5.39. The predicted octanol–water partition coefficient (Wildman–Crippen LogP) is 8.62. The van der Waals surface area contributed by atoms with Crippen molar-refractivity contribution in [3.05, 3.63) is 46.5 Å². The molecule has 0 aliphatic carbocycles. The van der Waals surface area contributed by atoms with Gasteiger partial charge in [-0.2, -0.15) is 0 Å². The molecule has 0 aliphatic heterocycles. The molecule has 1 heteroatoms. The first-order chi connectivity index (χ1) is 12.7. The first-order valence-electron chi connectivity index (χ1n) is 11.1. The third-order valence-corrected chi connectivity index (χ3v) is 5.28. The second-order valence-corrected chi connectivity index (χ2v) is 7.79. The number of aryl methyl sites for hydroxylation is 3. The lowest BCUT2D eigenvalue weighted by Gasteiger charge is -2.27. The molecule has 1 unspecified atom stereocenters. The van der Waals surface area contributed by atoms with Crippen LogP contribution in [0.2, 0.25) is 0 Å². The topological polar surface area (TPSA) is 9.23 Å². The maximum atomic E-state index is 6.05. The molecule has 1 aromatic carbocycles. The van der Waals surface area contributed by atoms with Crippen molar-refractivity contribution in [2.75, 3.05) is 6.61 Å². The van der Waals surface area contributed by atoms with E-state index < -0.39 is 0 Å². The van der Waals surface area contributed by atoms with Crippen LogP contribution in [0, 0.1) is 25.2 Å². The van der Waals surface area contributed by atoms with Crippen LogP contribution in [0.25, 0.3) is 0 Å². The molecule has 0 fully saturated rings. The summed E-state index contributed by atoms with van der Waals surface area (Å²) in [5.41, 5.74) is 5.80. The van der Waals surface area contributed by atoms with Crippen molar-refractivity contribution in [3.63, 3.8) is 0 Å². The fraction of sp³-hybridized carbons (Fsp3) is 0.692. The van der Waals surface area contributed by atoms with Gasteiger partial charge in [0.25, 0.3) is 0 Å². The van der Waals surface area contributed by atoms with Gasteiger partial charge in [-0.05, 0) is 67.2 Å². The molecule has 0 radical (unpaired) electrons. The SMILES string of the molecule is CC.CC.CCc1cc(C)c(C(C)OC/C=C/CC(C)(C)C(C)C)c(C)c1. The van der Waals surface area contributed by atoms with Gasteiger partial charge in [0.15, 0.2) is 0 Å². The lowest BCUT2D eigenvalue weighted by atomic mass is 9.78. The minimum atomic E-state index is 0.142. The fourth-order valence-electron chi connectivity index (χ4n) is 2.88. The maximum Gasteiger partial charge on any atom is 0.0806 e. The molecule has 27 heavy (non-hydrogen) atoms. The molecule has 0 bridgehead atoms. The van der Waals surface area contributed by atoms with Crippen LogP contribution in [0.1, 0.15) is 104 Å². The van der Waals surface area contributed by atoms with E-state index in [9.17, 15) is 0 Å². The second-order valence-electron chi connectivity index (χ2n) is 7.79. The van der Waals surface area contributed by atoms with Crippen molar-refractivity contribution in [2.24, 2.45) is 11.3 Å². The molecule has 0 spiro atoms. The van der Waals surface area contributed by atoms with Gasteiger partial charge in [0.1, 0.15) is 0 Å². The molecule has 1 nitrogen and oxygen atoms in total. The Hall–Kier alpha value is -1.08. The smallest absolute Gasteiger partial charge is 0.0806 e. The Morgan fingerprint density at radius 2 is 1.41 bits per heavy atom. The molecule has 0 aliphatic rings. The quantitative estimate of drug-likeness (QED) is 0.412. The minimum Gasteiger partial charge on any atom is -0.370 e. The van der Waals surface area contributed by atoms with Gasteiger partial charge < -0.3 is 4.74 Å². The summed E-state index contributed by atoms with van der Waals surface area (Å²) in [6.07, 6.45) is 6.78. The van der Waals surface area contributed by atoms with Crippen LogP contribution in [0.4, 0.5) is 0 Å². The van der Waals surface area contributed by atoms with Crippen molar-refractivity contribution < 1.29 is 4.74 Å². The molecule has 0 N–H and O–H groups in total. The summed E-state index contributed by atoms with van der Waals surface area (Å²) in [7, 11) is 0. The second kappa shape index (κ2) is 14.9. The molecule has 0 aromatic heterocycles. The normalized spacial score (nSPS) is 12.3. The molecule has 1 aromatic rings.